The SMILES string of the molecule is CC(=O)N1CCC(NC(=O)Nc2cccc(CN3CCCCC3=O)c2)CC1. The molecule has 0 bridgehead atoms. The van der Waals surface area contributed by atoms with Crippen molar-refractivity contribution in [2.24, 2.45) is 0 Å². The van der Waals surface area contributed by atoms with Gasteiger partial charge in [-0.3, -0.25) is 9.59 Å². The van der Waals surface area contributed by atoms with Crippen LogP contribution in [0.2, 0.25) is 0 Å². The molecule has 0 aromatic heterocycles. The van der Waals surface area contributed by atoms with Crippen LogP contribution in [-0.4, -0.2) is 53.3 Å². The first kappa shape index (κ1) is 19.2. The fraction of sp³-hybridized carbons (Fsp3) is 0.550. The molecule has 7 heteroatoms. The molecular formula is C20H28N4O3. The summed E-state index contributed by atoms with van der Waals surface area (Å²) in [5.74, 6) is 0.288. The fourth-order valence-corrected chi connectivity index (χ4v) is 3.69. The van der Waals surface area contributed by atoms with Gasteiger partial charge in [0.1, 0.15) is 0 Å². The van der Waals surface area contributed by atoms with E-state index in [1.54, 1.807) is 11.8 Å². The minimum Gasteiger partial charge on any atom is -0.343 e. The van der Waals surface area contributed by atoms with E-state index in [0.717, 1.165) is 43.5 Å². The van der Waals surface area contributed by atoms with Crippen LogP contribution < -0.4 is 10.6 Å². The molecule has 27 heavy (non-hydrogen) atoms. The molecule has 1 aromatic rings. The molecular weight excluding hydrogens is 344 g/mol. The van der Waals surface area contributed by atoms with E-state index in [-0.39, 0.29) is 23.9 Å². The standard InChI is InChI=1S/C20H28N4O3/c1-15(25)23-11-8-17(9-12-23)21-20(27)22-18-6-4-5-16(13-18)14-24-10-3-2-7-19(24)26/h4-6,13,17H,2-3,7-12,14H2,1H3,(H2,21,22,27). The molecule has 4 amide bonds. The predicted octanol–water partition coefficient (Wildman–Crippen LogP) is 2.33. The molecule has 146 valence electrons. The summed E-state index contributed by atoms with van der Waals surface area (Å²) in [6, 6.07) is 7.48. The maximum absolute atomic E-state index is 12.3. The molecule has 2 fully saturated rings. The second kappa shape index (κ2) is 8.88. The Morgan fingerprint density at radius 3 is 2.63 bits per heavy atom. The van der Waals surface area contributed by atoms with Crippen molar-refractivity contribution < 1.29 is 14.4 Å². The van der Waals surface area contributed by atoms with Crippen LogP contribution in [0.4, 0.5) is 10.5 Å². The van der Waals surface area contributed by atoms with Crippen LogP contribution in [0.5, 0.6) is 0 Å². The lowest BCUT2D eigenvalue weighted by Gasteiger charge is -2.31. The lowest BCUT2D eigenvalue weighted by atomic mass is 10.1. The van der Waals surface area contributed by atoms with Crippen LogP contribution in [0, 0.1) is 0 Å². The number of urea groups is 1. The van der Waals surface area contributed by atoms with Crippen molar-refractivity contribution in [2.75, 3.05) is 25.0 Å². The van der Waals surface area contributed by atoms with Gasteiger partial charge in [0, 0.05) is 51.3 Å². The highest BCUT2D eigenvalue weighted by molar-refractivity contribution is 5.89. The Balaban J connectivity index is 1.49. The minimum atomic E-state index is -0.234. The Labute approximate surface area is 160 Å². The van der Waals surface area contributed by atoms with Gasteiger partial charge in [-0.05, 0) is 43.4 Å². The van der Waals surface area contributed by atoms with Gasteiger partial charge >= 0.3 is 6.03 Å². The van der Waals surface area contributed by atoms with Gasteiger partial charge in [-0.25, -0.2) is 4.79 Å². The molecule has 0 aliphatic carbocycles. The summed E-state index contributed by atoms with van der Waals surface area (Å²) >= 11 is 0. The summed E-state index contributed by atoms with van der Waals surface area (Å²) < 4.78 is 0. The van der Waals surface area contributed by atoms with Crippen LogP contribution in [-0.2, 0) is 16.1 Å². The highest BCUT2D eigenvalue weighted by Gasteiger charge is 2.22. The normalized spacial score (nSPS) is 18.3. The number of likely N-dealkylation sites (tertiary alicyclic amines) is 2. The van der Waals surface area contributed by atoms with Gasteiger partial charge in [0.15, 0.2) is 0 Å². The van der Waals surface area contributed by atoms with E-state index in [9.17, 15) is 14.4 Å². The number of hydrogen-bond acceptors (Lipinski definition) is 3. The summed E-state index contributed by atoms with van der Waals surface area (Å²) in [6.07, 6.45) is 4.19. The lowest BCUT2D eigenvalue weighted by Crippen LogP contribution is -2.47. The molecule has 0 atom stereocenters. The molecule has 3 rings (SSSR count). The zero-order chi connectivity index (χ0) is 19.2. The maximum Gasteiger partial charge on any atom is 0.319 e. The summed E-state index contributed by atoms with van der Waals surface area (Å²) in [7, 11) is 0. The quantitative estimate of drug-likeness (QED) is 0.851. The van der Waals surface area contributed by atoms with Gasteiger partial charge in [0.25, 0.3) is 0 Å². The van der Waals surface area contributed by atoms with Gasteiger partial charge in [0.05, 0.1) is 0 Å². The molecule has 7 nitrogen and oxygen atoms in total. The summed E-state index contributed by atoms with van der Waals surface area (Å²) in [5.41, 5.74) is 1.73. The van der Waals surface area contributed by atoms with Crippen molar-refractivity contribution >= 4 is 23.5 Å². The Morgan fingerprint density at radius 2 is 1.93 bits per heavy atom. The van der Waals surface area contributed by atoms with Crippen molar-refractivity contribution in [2.45, 2.75) is 51.6 Å². The molecule has 2 aliphatic rings. The monoisotopic (exact) mass is 372 g/mol. The number of piperidine rings is 2. The van der Waals surface area contributed by atoms with E-state index in [4.69, 9.17) is 0 Å². The molecule has 0 radical (unpaired) electrons. The second-order valence-corrected chi connectivity index (χ2v) is 7.35. The van der Waals surface area contributed by atoms with E-state index in [0.29, 0.717) is 26.1 Å². The fourth-order valence-electron chi connectivity index (χ4n) is 3.69. The van der Waals surface area contributed by atoms with Crippen LogP contribution in [0.25, 0.3) is 0 Å². The number of benzene rings is 1. The van der Waals surface area contributed by atoms with Gasteiger partial charge in [-0.2, -0.15) is 0 Å². The molecule has 2 aliphatic heterocycles. The first-order chi connectivity index (χ1) is 13.0. The highest BCUT2D eigenvalue weighted by Crippen LogP contribution is 2.17. The Kier molecular flexibility index (Phi) is 6.32. The van der Waals surface area contributed by atoms with Gasteiger partial charge in [0.2, 0.25) is 11.8 Å². The van der Waals surface area contributed by atoms with Gasteiger partial charge in [-0.1, -0.05) is 12.1 Å². The number of hydrogen-bond donors (Lipinski definition) is 2. The number of rotatable bonds is 4. The number of nitrogens with one attached hydrogen (secondary N) is 2. The van der Waals surface area contributed by atoms with Crippen molar-refractivity contribution in [1.29, 1.82) is 0 Å². The molecule has 0 unspecified atom stereocenters. The average molecular weight is 372 g/mol. The van der Waals surface area contributed by atoms with Crippen molar-refractivity contribution in [1.82, 2.24) is 15.1 Å². The Hall–Kier alpha value is -2.57. The van der Waals surface area contributed by atoms with Gasteiger partial charge < -0.3 is 20.4 Å². The molecule has 0 spiro atoms. The van der Waals surface area contributed by atoms with Crippen LogP contribution in [0.3, 0.4) is 0 Å². The lowest BCUT2D eigenvalue weighted by molar-refractivity contribution is -0.134. The van der Waals surface area contributed by atoms with Gasteiger partial charge in [-0.15, -0.1) is 0 Å². The third-order valence-corrected chi connectivity index (χ3v) is 5.26. The number of anilines is 1. The number of carbonyl (C=O) groups is 3. The number of nitrogens with zero attached hydrogens (tertiary/aromatic N) is 2. The average Bonchev–Trinajstić information content (AvgIpc) is 2.64. The van der Waals surface area contributed by atoms with Crippen LogP contribution in [0.15, 0.2) is 24.3 Å². The van der Waals surface area contributed by atoms with E-state index in [2.05, 4.69) is 10.6 Å². The second-order valence-electron chi connectivity index (χ2n) is 7.35. The Bertz CT molecular complexity index is 698. The van der Waals surface area contributed by atoms with Crippen molar-refractivity contribution in [3.8, 4) is 0 Å². The molecule has 2 saturated heterocycles. The zero-order valence-electron chi connectivity index (χ0n) is 15.9. The first-order valence-corrected chi connectivity index (χ1v) is 9.71. The van der Waals surface area contributed by atoms with Crippen LogP contribution in [0.1, 0.15) is 44.6 Å². The third kappa shape index (κ3) is 5.45. The minimum absolute atomic E-state index is 0.0785. The summed E-state index contributed by atoms with van der Waals surface area (Å²) in [6.45, 7) is 4.32. The first-order valence-electron chi connectivity index (χ1n) is 9.71. The van der Waals surface area contributed by atoms with Crippen LogP contribution >= 0.6 is 0 Å². The van der Waals surface area contributed by atoms with E-state index >= 15 is 0 Å². The van der Waals surface area contributed by atoms with E-state index < -0.39 is 0 Å². The maximum atomic E-state index is 12.3. The zero-order valence-corrected chi connectivity index (χ0v) is 15.9. The van der Waals surface area contributed by atoms with E-state index in [1.807, 2.05) is 29.2 Å². The number of carbonyl (C=O) groups excluding carboxylic acids is 3. The molecule has 2 N–H and O–H groups in total. The van der Waals surface area contributed by atoms with Crippen molar-refractivity contribution in [3.63, 3.8) is 0 Å². The molecule has 1 aromatic carbocycles. The third-order valence-electron chi connectivity index (χ3n) is 5.26. The van der Waals surface area contributed by atoms with E-state index in [1.165, 1.54) is 0 Å². The Morgan fingerprint density at radius 1 is 1.15 bits per heavy atom. The summed E-state index contributed by atoms with van der Waals surface area (Å²) in [4.78, 5) is 39.3. The highest BCUT2D eigenvalue weighted by atomic mass is 16.2. The topological polar surface area (TPSA) is 81.8 Å². The smallest absolute Gasteiger partial charge is 0.319 e. The molecule has 0 saturated carbocycles. The predicted molar refractivity (Wildman–Crippen MR) is 103 cm³/mol. The summed E-state index contributed by atoms with van der Waals surface area (Å²) in [5, 5.41) is 5.86. The molecule has 2 heterocycles. The number of amides is 4. The van der Waals surface area contributed by atoms with Crippen molar-refractivity contribution in [3.05, 3.63) is 29.8 Å². The largest absolute Gasteiger partial charge is 0.343 e.